The molecule has 0 spiro atoms. The smallest absolute Gasteiger partial charge is 0.226 e. The Morgan fingerprint density at radius 3 is 3.11 bits per heavy atom. The van der Waals surface area contributed by atoms with Crippen molar-refractivity contribution in [2.75, 3.05) is 33.3 Å². The van der Waals surface area contributed by atoms with Gasteiger partial charge < -0.3 is 15.0 Å². The number of carbonyl (C=O) groups is 1. The fraction of sp³-hybridized carbons (Fsp3) is 0.615. The molecule has 1 amide bonds. The molecule has 1 aliphatic heterocycles. The highest BCUT2D eigenvalue weighted by atomic mass is 35.5. The Hall–Kier alpha value is -0.620. The Kier molecular flexibility index (Phi) is 6.79. The van der Waals surface area contributed by atoms with Crippen molar-refractivity contribution in [2.45, 2.75) is 13.0 Å². The summed E-state index contributed by atoms with van der Waals surface area (Å²) in [6, 6.07) is 2.07. The first-order valence-corrected chi connectivity index (χ1v) is 7.23. The Bertz CT molecular complexity index is 386. The van der Waals surface area contributed by atoms with Crippen molar-refractivity contribution < 1.29 is 9.53 Å². The van der Waals surface area contributed by atoms with E-state index in [1.165, 1.54) is 5.56 Å². The standard InChI is InChI=1S/C13H20N2O2S.ClH/c1-10(7-14-2)13(16)15-4-5-17-12(8-15)11-3-6-18-9-11;/h3,6,9-10,12,14H,4-5,7-8H2,1-2H3;1H. The quantitative estimate of drug-likeness (QED) is 0.924. The Morgan fingerprint density at radius 1 is 1.68 bits per heavy atom. The van der Waals surface area contributed by atoms with E-state index in [9.17, 15) is 4.79 Å². The summed E-state index contributed by atoms with van der Waals surface area (Å²) in [5.74, 6) is 0.240. The summed E-state index contributed by atoms with van der Waals surface area (Å²) in [4.78, 5) is 14.2. The third-order valence-electron chi connectivity index (χ3n) is 3.22. The maximum atomic E-state index is 12.2. The van der Waals surface area contributed by atoms with Crippen LogP contribution in [0.25, 0.3) is 0 Å². The zero-order chi connectivity index (χ0) is 13.0. The fourth-order valence-electron chi connectivity index (χ4n) is 2.21. The summed E-state index contributed by atoms with van der Waals surface area (Å²) in [5.41, 5.74) is 1.18. The van der Waals surface area contributed by atoms with E-state index >= 15 is 0 Å². The minimum Gasteiger partial charge on any atom is -0.370 e. The topological polar surface area (TPSA) is 41.6 Å². The largest absolute Gasteiger partial charge is 0.370 e. The van der Waals surface area contributed by atoms with E-state index in [-0.39, 0.29) is 30.3 Å². The highest BCUT2D eigenvalue weighted by molar-refractivity contribution is 7.07. The number of amides is 1. The second-order valence-electron chi connectivity index (χ2n) is 4.66. The minimum atomic E-state index is 0. The van der Waals surface area contributed by atoms with Crippen LogP contribution in [-0.4, -0.2) is 44.1 Å². The van der Waals surface area contributed by atoms with Gasteiger partial charge in [-0.1, -0.05) is 6.92 Å². The third kappa shape index (κ3) is 4.18. The van der Waals surface area contributed by atoms with Gasteiger partial charge in [0.15, 0.2) is 0 Å². The van der Waals surface area contributed by atoms with Crippen LogP contribution >= 0.6 is 23.7 Å². The summed E-state index contributed by atoms with van der Waals surface area (Å²) in [6.45, 7) is 4.68. The van der Waals surface area contributed by atoms with Gasteiger partial charge in [0.05, 0.1) is 13.2 Å². The SMILES string of the molecule is CNCC(C)C(=O)N1CCOC(c2ccsc2)C1.Cl. The van der Waals surface area contributed by atoms with Crippen LogP contribution in [0.2, 0.25) is 0 Å². The Labute approximate surface area is 124 Å². The van der Waals surface area contributed by atoms with Gasteiger partial charge in [0.2, 0.25) is 5.91 Å². The molecule has 2 heterocycles. The number of nitrogens with one attached hydrogen (secondary N) is 1. The van der Waals surface area contributed by atoms with Crippen LogP contribution in [0.4, 0.5) is 0 Å². The van der Waals surface area contributed by atoms with Crippen molar-refractivity contribution in [2.24, 2.45) is 5.92 Å². The first-order valence-electron chi connectivity index (χ1n) is 6.29. The molecule has 1 aromatic rings. The Balaban J connectivity index is 0.00000180. The van der Waals surface area contributed by atoms with Crippen molar-refractivity contribution in [3.8, 4) is 0 Å². The lowest BCUT2D eigenvalue weighted by Gasteiger charge is -2.34. The fourth-order valence-corrected chi connectivity index (χ4v) is 2.92. The summed E-state index contributed by atoms with van der Waals surface area (Å²) >= 11 is 1.66. The predicted octanol–water partition coefficient (Wildman–Crippen LogP) is 1.93. The number of nitrogens with zero attached hydrogens (tertiary/aromatic N) is 1. The number of hydrogen-bond acceptors (Lipinski definition) is 4. The van der Waals surface area contributed by atoms with Crippen LogP contribution in [0.15, 0.2) is 16.8 Å². The van der Waals surface area contributed by atoms with Crippen molar-refractivity contribution in [3.63, 3.8) is 0 Å². The maximum Gasteiger partial charge on any atom is 0.226 e. The number of thiophene rings is 1. The average molecular weight is 305 g/mol. The van der Waals surface area contributed by atoms with E-state index in [2.05, 4.69) is 16.8 Å². The number of morpholine rings is 1. The van der Waals surface area contributed by atoms with E-state index in [0.717, 1.165) is 6.54 Å². The molecule has 1 fully saturated rings. The lowest BCUT2D eigenvalue weighted by atomic mass is 10.1. The van der Waals surface area contributed by atoms with Crippen molar-refractivity contribution in [1.29, 1.82) is 0 Å². The van der Waals surface area contributed by atoms with Crippen LogP contribution in [-0.2, 0) is 9.53 Å². The summed E-state index contributed by atoms with van der Waals surface area (Å²) in [6.07, 6.45) is 0.0377. The first-order chi connectivity index (χ1) is 8.72. The monoisotopic (exact) mass is 304 g/mol. The minimum absolute atomic E-state index is 0. The lowest BCUT2D eigenvalue weighted by molar-refractivity contribution is -0.142. The molecule has 0 bridgehead atoms. The Morgan fingerprint density at radius 2 is 2.47 bits per heavy atom. The maximum absolute atomic E-state index is 12.2. The lowest BCUT2D eigenvalue weighted by Crippen LogP contribution is -2.45. The van der Waals surface area contributed by atoms with E-state index in [1.54, 1.807) is 11.3 Å². The molecule has 1 aliphatic rings. The third-order valence-corrected chi connectivity index (χ3v) is 3.93. The molecule has 1 saturated heterocycles. The van der Waals surface area contributed by atoms with Gasteiger partial charge in [0.1, 0.15) is 6.10 Å². The molecule has 0 saturated carbocycles. The molecule has 1 N–H and O–H groups in total. The van der Waals surface area contributed by atoms with Gasteiger partial charge >= 0.3 is 0 Å². The van der Waals surface area contributed by atoms with Crippen LogP contribution in [0, 0.1) is 5.92 Å². The number of halogens is 1. The van der Waals surface area contributed by atoms with Crippen molar-refractivity contribution in [3.05, 3.63) is 22.4 Å². The summed E-state index contributed by atoms with van der Waals surface area (Å²) in [7, 11) is 1.87. The zero-order valence-corrected chi connectivity index (χ0v) is 12.9. The number of carbonyl (C=O) groups excluding carboxylic acids is 1. The van der Waals surface area contributed by atoms with Crippen LogP contribution in [0.1, 0.15) is 18.6 Å². The molecule has 0 aliphatic carbocycles. The second-order valence-corrected chi connectivity index (χ2v) is 5.44. The number of rotatable bonds is 4. The van der Waals surface area contributed by atoms with Crippen LogP contribution < -0.4 is 5.32 Å². The molecule has 6 heteroatoms. The first kappa shape index (κ1) is 16.4. The molecule has 108 valence electrons. The van der Waals surface area contributed by atoms with Gasteiger partial charge in [-0.2, -0.15) is 11.3 Å². The van der Waals surface area contributed by atoms with Gasteiger partial charge in [-0.05, 0) is 29.4 Å². The molecule has 4 nitrogen and oxygen atoms in total. The van der Waals surface area contributed by atoms with Gasteiger partial charge in [-0.25, -0.2) is 0 Å². The normalized spacial score (nSPS) is 20.7. The summed E-state index contributed by atoms with van der Waals surface area (Å²) in [5, 5.41) is 7.19. The van der Waals surface area contributed by atoms with Gasteiger partial charge in [0.25, 0.3) is 0 Å². The molecule has 2 unspecified atom stereocenters. The molecule has 0 radical (unpaired) electrons. The number of ether oxygens (including phenoxy) is 1. The zero-order valence-electron chi connectivity index (χ0n) is 11.3. The number of hydrogen-bond donors (Lipinski definition) is 1. The molecule has 2 atom stereocenters. The molecule has 0 aromatic carbocycles. The van der Waals surface area contributed by atoms with E-state index in [4.69, 9.17) is 4.74 Å². The highest BCUT2D eigenvalue weighted by Gasteiger charge is 2.27. The van der Waals surface area contributed by atoms with Crippen LogP contribution in [0.5, 0.6) is 0 Å². The highest BCUT2D eigenvalue weighted by Crippen LogP contribution is 2.24. The predicted molar refractivity (Wildman–Crippen MR) is 79.9 cm³/mol. The molecule has 2 rings (SSSR count). The van der Waals surface area contributed by atoms with Crippen LogP contribution in [0.3, 0.4) is 0 Å². The second kappa shape index (κ2) is 7.85. The molecule has 1 aromatic heterocycles. The molecular formula is C13H21ClN2O2S. The van der Waals surface area contributed by atoms with Gasteiger partial charge in [0, 0.05) is 19.0 Å². The molecular weight excluding hydrogens is 284 g/mol. The molecule has 19 heavy (non-hydrogen) atoms. The van der Waals surface area contributed by atoms with E-state index in [0.29, 0.717) is 19.7 Å². The van der Waals surface area contributed by atoms with Crippen molar-refractivity contribution in [1.82, 2.24) is 10.2 Å². The average Bonchev–Trinajstić information content (AvgIpc) is 2.92. The van der Waals surface area contributed by atoms with E-state index in [1.807, 2.05) is 24.3 Å². The van der Waals surface area contributed by atoms with Crippen molar-refractivity contribution >= 4 is 29.7 Å². The van der Waals surface area contributed by atoms with Gasteiger partial charge in [-0.15, -0.1) is 12.4 Å². The summed E-state index contributed by atoms with van der Waals surface area (Å²) < 4.78 is 5.74. The van der Waals surface area contributed by atoms with E-state index < -0.39 is 0 Å². The van der Waals surface area contributed by atoms with Gasteiger partial charge in [-0.3, -0.25) is 4.79 Å².